The molecule has 106 valence electrons. The van der Waals surface area contributed by atoms with Gasteiger partial charge in [0, 0.05) is 11.5 Å². The molecule has 0 aliphatic heterocycles. The topological polar surface area (TPSA) is 42.4 Å². The lowest BCUT2D eigenvalue weighted by molar-refractivity contribution is 0.273. The fourth-order valence-electron chi connectivity index (χ4n) is 1.84. The summed E-state index contributed by atoms with van der Waals surface area (Å²) in [7, 11) is 0. The van der Waals surface area contributed by atoms with Gasteiger partial charge < -0.3 is 9.84 Å². The molecule has 1 aromatic heterocycles. The molecule has 0 saturated heterocycles. The standard InChI is InChI=1S/C17H21NO2/c1-17(2,3)15-9-14(11-19)10-16(18-15)20-12-13-7-5-4-6-8-13/h4-10,19H,11-12H2,1-3H3. The Hall–Kier alpha value is -1.87. The van der Waals surface area contributed by atoms with E-state index in [1.165, 1.54) is 0 Å². The summed E-state index contributed by atoms with van der Waals surface area (Å²) in [5.74, 6) is 0.560. The molecule has 0 saturated carbocycles. The lowest BCUT2D eigenvalue weighted by atomic mass is 9.91. The predicted octanol–water partition coefficient (Wildman–Crippen LogP) is 3.45. The summed E-state index contributed by atoms with van der Waals surface area (Å²) in [5.41, 5.74) is 2.77. The van der Waals surface area contributed by atoms with Crippen molar-refractivity contribution in [1.29, 1.82) is 0 Å². The quantitative estimate of drug-likeness (QED) is 0.926. The van der Waals surface area contributed by atoms with E-state index in [0.717, 1.165) is 16.8 Å². The first-order valence-electron chi connectivity index (χ1n) is 6.78. The second-order valence-corrected chi connectivity index (χ2v) is 5.88. The number of aliphatic hydroxyl groups excluding tert-OH is 1. The highest BCUT2D eigenvalue weighted by Gasteiger charge is 2.17. The highest BCUT2D eigenvalue weighted by Crippen LogP contribution is 2.24. The van der Waals surface area contributed by atoms with Crippen LogP contribution in [0.1, 0.15) is 37.6 Å². The van der Waals surface area contributed by atoms with Crippen molar-refractivity contribution in [1.82, 2.24) is 4.98 Å². The van der Waals surface area contributed by atoms with E-state index >= 15 is 0 Å². The minimum absolute atomic E-state index is 0.00665. The Kier molecular flexibility index (Phi) is 4.40. The Morgan fingerprint density at radius 2 is 1.75 bits per heavy atom. The first-order chi connectivity index (χ1) is 9.49. The normalized spacial score (nSPS) is 11.4. The SMILES string of the molecule is CC(C)(C)c1cc(CO)cc(OCc2ccccc2)n1. The van der Waals surface area contributed by atoms with Gasteiger partial charge >= 0.3 is 0 Å². The van der Waals surface area contributed by atoms with E-state index in [9.17, 15) is 5.11 Å². The second kappa shape index (κ2) is 6.06. The number of rotatable bonds is 4. The van der Waals surface area contributed by atoms with Crippen LogP contribution in [0.5, 0.6) is 5.88 Å². The minimum Gasteiger partial charge on any atom is -0.473 e. The Morgan fingerprint density at radius 3 is 2.35 bits per heavy atom. The van der Waals surface area contributed by atoms with Crippen molar-refractivity contribution in [3.63, 3.8) is 0 Å². The summed E-state index contributed by atoms with van der Waals surface area (Å²) in [6.45, 7) is 6.76. The van der Waals surface area contributed by atoms with Crippen molar-refractivity contribution >= 4 is 0 Å². The summed E-state index contributed by atoms with van der Waals surface area (Å²) in [6.07, 6.45) is 0. The van der Waals surface area contributed by atoms with Gasteiger partial charge in [-0.2, -0.15) is 0 Å². The first kappa shape index (κ1) is 14.5. The van der Waals surface area contributed by atoms with Gasteiger partial charge in [0.2, 0.25) is 5.88 Å². The molecule has 0 radical (unpaired) electrons. The van der Waals surface area contributed by atoms with Crippen molar-refractivity contribution < 1.29 is 9.84 Å². The van der Waals surface area contributed by atoms with Crippen LogP contribution >= 0.6 is 0 Å². The Balaban J connectivity index is 2.19. The zero-order valence-corrected chi connectivity index (χ0v) is 12.3. The summed E-state index contributed by atoms with van der Waals surface area (Å²) in [4.78, 5) is 4.53. The van der Waals surface area contributed by atoms with Gasteiger partial charge in [-0.05, 0) is 17.2 Å². The molecule has 0 spiro atoms. The zero-order valence-electron chi connectivity index (χ0n) is 12.3. The van der Waals surface area contributed by atoms with Crippen LogP contribution in [-0.4, -0.2) is 10.1 Å². The van der Waals surface area contributed by atoms with E-state index in [2.05, 4.69) is 25.8 Å². The van der Waals surface area contributed by atoms with E-state index in [1.54, 1.807) is 6.07 Å². The van der Waals surface area contributed by atoms with Crippen LogP contribution in [0.4, 0.5) is 0 Å². The summed E-state index contributed by atoms with van der Waals surface area (Å²) >= 11 is 0. The van der Waals surface area contributed by atoms with Gasteiger partial charge in [-0.15, -0.1) is 0 Å². The number of benzene rings is 1. The molecule has 0 aliphatic rings. The molecule has 0 atom stereocenters. The smallest absolute Gasteiger partial charge is 0.214 e. The van der Waals surface area contributed by atoms with E-state index in [0.29, 0.717) is 12.5 Å². The number of hydrogen-bond donors (Lipinski definition) is 1. The Labute approximate surface area is 120 Å². The average molecular weight is 271 g/mol. The van der Waals surface area contributed by atoms with Crippen molar-refractivity contribution in [2.45, 2.75) is 39.4 Å². The maximum atomic E-state index is 9.35. The van der Waals surface area contributed by atoms with E-state index in [-0.39, 0.29) is 12.0 Å². The van der Waals surface area contributed by atoms with Gasteiger partial charge in [0.15, 0.2) is 0 Å². The first-order valence-corrected chi connectivity index (χ1v) is 6.78. The van der Waals surface area contributed by atoms with Crippen molar-refractivity contribution in [3.05, 3.63) is 59.3 Å². The van der Waals surface area contributed by atoms with Crippen LogP contribution in [0.15, 0.2) is 42.5 Å². The summed E-state index contributed by atoms with van der Waals surface area (Å²) in [5, 5.41) is 9.35. The Bertz CT molecular complexity index is 559. The zero-order chi connectivity index (χ0) is 14.6. The predicted molar refractivity (Wildman–Crippen MR) is 79.6 cm³/mol. The van der Waals surface area contributed by atoms with Gasteiger partial charge in [0.05, 0.1) is 12.3 Å². The van der Waals surface area contributed by atoms with Crippen LogP contribution in [0, 0.1) is 0 Å². The van der Waals surface area contributed by atoms with Crippen molar-refractivity contribution in [2.75, 3.05) is 0 Å². The van der Waals surface area contributed by atoms with Gasteiger partial charge in [0.1, 0.15) is 6.61 Å². The van der Waals surface area contributed by atoms with Crippen LogP contribution in [0.25, 0.3) is 0 Å². The van der Waals surface area contributed by atoms with E-state index in [1.807, 2.05) is 36.4 Å². The molecule has 0 fully saturated rings. The van der Waals surface area contributed by atoms with Gasteiger partial charge in [0.25, 0.3) is 0 Å². The summed E-state index contributed by atoms with van der Waals surface area (Å²) in [6, 6.07) is 13.7. The maximum Gasteiger partial charge on any atom is 0.214 e. The minimum atomic E-state index is -0.0734. The molecule has 1 N–H and O–H groups in total. The molecule has 3 nitrogen and oxygen atoms in total. The third-order valence-corrected chi connectivity index (χ3v) is 3.04. The molecule has 3 heteroatoms. The number of aromatic nitrogens is 1. The second-order valence-electron chi connectivity index (χ2n) is 5.88. The van der Waals surface area contributed by atoms with E-state index in [4.69, 9.17) is 4.74 Å². The molecule has 1 heterocycles. The molecule has 0 aliphatic carbocycles. The largest absolute Gasteiger partial charge is 0.473 e. The molecular weight excluding hydrogens is 250 g/mol. The fraction of sp³-hybridized carbons (Fsp3) is 0.353. The fourth-order valence-corrected chi connectivity index (χ4v) is 1.84. The molecule has 1 aromatic carbocycles. The van der Waals surface area contributed by atoms with Crippen molar-refractivity contribution in [2.24, 2.45) is 0 Å². The van der Waals surface area contributed by atoms with Crippen molar-refractivity contribution in [3.8, 4) is 5.88 Å². The van der Waals surface area contributed by atoms with Crippen LogP contribution in [-0.2, 0) is 18.6 Å². The molecular formula is C17H21NO2. The number of pyridine rings is 1. The monoisotopic (exact) mass is 271 g/mol. The van der Waals surface area contributed by atoms with Gasteiger partial charge in [-0.1, -0.05) is 51.1 Å². The Morgan fingerprint density at radius 1 is 1.05 bits per heavy atom. The number of hydrogen-bond acceptors (Lipinski definition) is 3. The van der Waals surface area contributed by atoms with Gasteiger partial charge in [-0.3, -0.25) is 0 Å². The lowest BCUT2D eigenvalue weighted by Gasteiger charge is -2.19. The third-order valence-electron chi connectivity index (χ3n) is 3.04. The van der Waals surface area contributed by atoms with Crippen LogP contribution < -0.4 is 4.74 Å². The molecule has 20 heavy (non-hydrogen) atoms. The molecule has 2 rings (SSSR count). The third kappa shape index (κ3) is 3.81. The van der Waals surface area contributed by atoms with E-state index < -0.39 is 0 Å². The lowest BCUT2D eigenvalue weighted by Crippen LogP contribution is -2.15. The summed E-state index contributed by atoms with van der Waals surface area (Å²) < 4.78 is 5.75. The molecule has 0 bridgehead atoms. The highest BCUT2D eigenvalue weighted by molar-refractivity contribution is 5.28. The number of ether oxygens (including phenoxy) is 1. The molecule has 0 amide bonds. The van der Waals surface area contributed by atoms with Crippen LogP contribution in [0.3, 0.4) is 0 Å². The highest BCUT2D eigenvalue weighted by atomic mass is 16.5. The van der Waals surface area contributed by atoms with Gasteiger partial charge in [-0.25, -0.2) is 4.98 Å². The van der Waals surface area contributed by atoms with Crippen LogP contribution in [0.2, 0.25) is 0 Å². The number of nitrogens with zero attached hydrogens (tertiary/aromatic N) is 1. The average Bonchev–Trinajstić information content (AvgIpc) is 2.45. The maximum absolute atomic E-state index is 9.35. The number of aliphatic hydroxyl groups is 1. The molecule has 0 unspecified atom stereocenters. The molecule has 2 aromatic rings.